The highest BCUT2D eigenvalue weighted by molar-refractivity contribution is 5.77. The van der Waals surface area contributed by atoms with Crippen LogP contribution in [0.1, 0.15) is 11.4 Å². The molecule has 29 heavy (non-hydrogen) atoms. The second kappa shape index (κ2) is 6.62. The molecule has 4 aromatic rings. The Hall–Kier alpha value is -3.35. The Morgan fingerprint density at radius 3 is 2.55 bits per heavy atom. The van der Waals surface area contributed by atoms with E-state index in [-0.39, 0.29) is 28.4 Å². The number of alkyl halides is 5. The summed E-state index contributed by atoms with van der Waals surface area (Å²) in [7, 11) is 1.40. The minimum Gasteiger partial charge on any atom is -0.343 e. The number of fused-ring (bicyclic) bond motifs is 1. The normalized spacial score (nSPS) is 12.8. The minimum absolute atomic E-state index is 0.0184. The van der Waals surface area contributed by atoms with Crippen LogP contribution in [0, 0.1) is 0 Å². The van der Waals surface area contributed by atoms with Crippen LogP contribution < -0.4 is 5.32 Å². The van der Waals surface area contributed by atoms with E-state index in [0.717, 1.165) is 0 Å². The molecule has 4 heterocycles. The lowest BCUT2D eigenvalue weighted by atomic mass is 10.1. The molecule has 152 valence electrons. The summed E-state index contributed by atoms with van der Waals surface area (Å²) in [6.07, 6.45) is -0.808. The first kappa shape index (κ1) is 19.0. The van der Waals surface area contributed by atoms with Crippen molar-refractivity contribution in [2.75, 3.05) is 13.6 Å². The first-order valence-corrected chi connectivity index (χ1v) is 8.24. The summed E-state index contributed by atoms with van der Waals surface area (Å²) in [4.78, 5) is 14.4. The van der Waals surface area contributed by atoms with Gasteiger partial charge in [-0.3, -0.25) is 9.50 Å². The molecule has 4 rings (SSSR count). The maximum atomic E-state index is 14.4. The number of H-pyrrole nitrogens is 2. The molecule has 0 bridgehead atoms. The van der Waals surface area contributed by atoms with Gasteiger partial charge in [0.15, 0.2) is 0 Å². The highest BCUT2D eigenvalue weighted by Gasteiger charge is 2.36. The lowest BCUT2D eigenvalue weighted by Crippen LogP contribution is -2.28. The quantitative estimate of drug-likeness (QED) is 0.438. The number of hydrogen-bond acceptors (Lipinski definition) is 5. The van der Waals surface area contributed by atoms with Gasteiger partial charge in [0.25, 0.3) is 5.92 Å². The van der Waals surface area contributed by atoms with Crippen LogP contribution >= 0.6 is 0 Å². The van der Waals surface area contributed by atoms with Crippen molar-refractivity contribution in [3.8, 4) is 22.9 Å². The predicted molar refractivity (Wildman–Crippen MR) is 91.0 cm³/mol. The number of rotatable bonds is 5. The van der Waals surface area contributed by atoms with Crippen LogP contribution in [0.25, 0.3) is 28.6 Å². The number of hydrogen-bond donors (Lipinski definition) is 3. The van der Waals surface area contributed by atoms with Crippen molar-refractivity contribution in [1.82, 2.24) is 39.9 Å². The van der Waals surface area contributed by atoms with Gasteiger partial charge >= 0.3 is 6.18 Å². The van der Waals surface area contributed by atoms with Gasteiger partial charge in [-0.15, -0.1) is 0 Å². The molecule has 13 heteroatoms. The van der Waals surface area contributed by atoms with Gasteiger partial charge in [0.05, 0.1) is 24.8 Å². The van der Waals surface area contributed by atoms with Crippen LogP contribution in [-0.4, -0.2) is 48.1 Å². The molecule has 0 atom stereocenters. The standard InChI is InChI=1S/C16H13F5N8/c1-22-6-15(17,18)8-2-3-10-25-11(13-26-14(28-27-13)16(19,20)21)12(29(10)5-8)9-4-23-7-24-9/h2-5,7,22H,6H2,1H3,(H,23,24)(H,26,27,28). The van der Waals surface area contributed by atoms with Crippen LogP contribution in [0.5, 0.6) is 0 Å². The van der Waals surface area contributed by atoms with Crippen LogP contribution in [0.15, 0.2) is 30.9 Å². The molecule has 0 unspecified atom stereocenters. The Morgan fingerprint density at radius 1 is 1.14 bits per heavy atom. The third-order valence-corrected chi connectivity index (χ3v) is 4.16. The van der Waals surface area contributed by atoms with Gasteiger partial charge in [0.2, 0.25) is 11.6 Å². The van der Waals surface area contributed by atoms with Gasteiger partial charge in [0, 0.05) is 11.8 Å². The third kappa shape index (κ3) is 3.33. The average molecular weight is 412 g/mol. The fraction of sp³-hybridized carbons (Fsp3) is 0.250. The van der Waals surface area contributed by atoms with E-state index >= 15 is 0 Å². The number of aromatic amines is 2. The van der Waals surface area contributed by atoms with Crippen molar-refractivity contribution < 1.29 is 22.0 Å². The van der Waals surface area contributed by atoms with Crippen LogP contribution in [0.2, 0.25) is 0 Å². The van der Waals surface area contributed by atoms with E-state index in [4.69, 9.17) is 0 Å². The number of likely N-dealkylation sites (N-methyl/N-ethyl adjacent to an activating group) is 1. The zero-order valence-corrected chi connectivity index (χ0v) is 14.7. The van der Waals surface area contributed by atoms with Crippen molar-refractivity contribution in [3.05, 3.63) is 42.2 Å². The number of nitrogens with zero attached hydrogens (tertiary/aromatic N) is 5. The Morgan fingerprint density at radius 2 is 1.93 bits per heavy atom. The van der Waals surface area contributed by atoms with Crippen molar-refractivity contribution in [2.45, 2.75) is 12.1 Å². The van der Waals surface area contributed by atoms with Crippen molar-refractivity contribution in [1.29, 1.82) is 0 Å². The zero-order chi connectivity index (χ0) is 20.8. The molecule has 0 fully saturated rings. The molecule has 0 saturated carbocycles. The summed E-state index contributed by atoms with van der Waals surface area (Å²) in [6.45, 7) is -0.588. The molecule has 0 saturated heterocycles. The molecule has 0 aliphatic rings. The number of halogens is 5. The molecule has 4 aromatic heterocycles. The Labute approximate surface area is 159 Å². The SMILES string of the molecule is CNCC(F)(F)c1ccc2nc(-c3n[nH]c(C(F)(F)F)n3)c(-c3cnc[nH]3)n2c1. The highest BCUT2D eigenvalue weighted by atomic mass is 19.4. The topological polar surface area (TPSA) is 99.6 Å². The van der Waals surface area contributed by atoms with E-state index in [9.17, 15) is 22.0 Å². The summed E-state index contributed by atoms with van der Waals surface area (Å²) in [5.41, 5.74) is 0.462. The number of imidazole rings is 2. The molecule has 3 N–H and O–H groups in total. The van der Waals surface area contributed by atoms with E-state index in [1.807, 2.05) is 5.10 Å². The maximum absolute atomic E-state index is 14.4. The molecule has 0 aliphatic carbocycles. The first-order chi connectivity index (χ1) is 13.7. The van der Waals surface area contributed by atoms with Crippen molar-refractivity contribution in [2.24, 2.45) is 0 Å². The second-order valence-electron chi connectivity index (χ2n) is 6.16. The lowest BCUT2D eigenvalue weighted by molar-refractivity contribution is -0.144. The molecule has 8 nitrogen and oxygen atoms in total. The fourth-order valence-electron chi connectivity index (χ4n) is 2.88. The van der Waals surface area contributed by atoms with Gasteiger partial charge in [-0.25, -0.2) is 15.0 Å². The Balaban J connectivity index is 1.93. The molecular formula is C16H13F5N8. The largest absolute Gasteiger partial charge is 0.451 e. The molecule has 0 aromatic carbocycles. The summed E-state index contributed by atoms with van der Waals surface area (Å²) in [6, 6.07) is 2.55. The monoisotopic (exact) mass is 412 g/mol. The van der Waals surface area contributed by atoms with Gasteiger partial charge < -0.3 is 10.3 Å². The predicted octanol–water partition coefficient (Wildman–Crippen LogP) is 2.84. The Kier molecular flexibility index (Phi) is 4.33. The highest BCUT2D eigenvalue weighted by Crippen LogP contribution is 2.34. The summed E-state index contributed by atoms with van der Waals surface area (Å²) in [5.74, 6) is -4.79. The number of nitrogens with one attached hydrogen (secondary N) is 3. The lowest BCUT2D eigenvalue weighted by Gasteiger charge is -2.16. The zero-order valence-electron chi connectivity index (χ0n) is 14.7. The van der Waals surface area contributed by atoms with E-state index in [1.54, 1.807) is 0 Å². The first-order valence-electron chi connectivity index (χ1n) is 8.24. The molecule has 0 radical (unpaired) electrons. The number of pyridine rings is 1. The van der Waals surface area contributed by atoms with Crippen molar-refractivity contribution >= 4 is 5.65 Å². The Bertz CT molecular complexity index is 1140. The smallest absolute Gasteiger partial charge is 0.343 e. The van der Waals surface area contributed by atoms with Crippen molar-refractivity contribution in [3.63, 3.8) is 0 Å². The average Bonchev–Trinajstić information content (AvgIpc) is 3.38. The molecular weight excluding hydrogens is 399 g/mol. The van der Waals surface area contributed by atoms with Gasteiger partial charge in [-0.05, 0) is 19.2 Å². The summed E-state index contributed by atoms with van der Waals surface area (Å²) < 4.78 is 68.7. The molecule has 0 amide bonds. The number of aromatic nitrogens is 7. The van der Waals surface area contributed by atoms with E-state index in [0.29, 0.717) is 5.69 Å². The molecule has 0 aliphatic heterocycles. The van der Waals surface area contributed by atoms with Gasteiger partial charge in [-0.1, -0.05) is 0 Å². The minimum atomic E-state index is -4.72. The third-order valence-electron chi connectivity index (χ3n) is 4.16. The summed E-state index contributed by atoms with van der Waals surface area (Å²) >= 11 is 0. The van der Waals surface area contributed by atoms with Gasteiger partial charge in [-0.2, -0.15) is 27.1 Å². The van der Waals surface area contributed by atoms with E-state index in [2.05, 4.69) is 30.4 Å². The maximum Gasteiger partial charge on any atom is 0.451 e. The summed E-state index contributed by atoms with van der Waals surface area (Å²) in [5, 5.41) is 7.84. The van der Waals surface area contributed by atoms with Crippen LogP contribution in [-0.2, 0) is 12.1 Å². The van der Waals surface area contributed by atoms with E-state index in [1.165, 1.54) is 42.3 Å². The van der Waals surface area contributed by atoms with Crippen LogP contribution in [0.3, 0.4) is 0 Å². The molecule has 0 spiro atoms. The second-order valence-corrected chi connectivity index (χ2v) is 6.16. The van der Waals surface area contributed by atoms with Gasteiger partial charge in [0.1, 0.15) is 17.0 Å². The fourth-order valence-corrected chi connectivity index (χ4v) is 2.88. The van der Waals surface area contributed by atoms with Crippen LogP contribution in [0.4, 0.5) is 22.0 Å². The van der Waals surface area contributed by atoms with E-state index < -0.39 is 24.5 Å².